The van der Waals surface area contributed by atoms with Crippen LogP contribution in [0.5, 0.6) is 0 Å². The highest BCUT2D eigenvalue weighted by molar-refractivity contribution is 7.87. The van der Waals surface area contributed by atoms with E-state index in [2.05, 4.69) is 40.9 Å². The van der Waals surface area contributed by atoms with Gasteiger partial charge >= 0.3 is 0 Å². The van der Waals surface area contributed by atoms with Crippen molar-refractivity contribution < 1.29 is 8.42 Å². The topological polar surface area (TPSA) is 62.3 Å². The molecule has 142 valence electrons. The predicted molar refractivity (Wildman–Crippen MR) is 108 cm³/mol. The molecule has 1 fully saturated rings. The third-order valence-electron chi connectivity index (χ3n) is 4.98. The van der Waals surface area contributed by atoms with Crippen LogP contribution in [0.3, 0.4) is 0 Å². The van der Waals surface area contributed by atoms with Crippen molar-refractivity contribution in [2.45, 2.75) is 51.5 Å². The average Bonchev–Trinajstić information content (AvgIpc) is 3.11. The lowest BCUT2D eigenvalue weighted by molar-refractivity contribution is 0.283. The van der Waals surface area contributed by atoms with Gasteiger partial charge in [-0.15, -0.1) is 11.3 Å². The van der Waals surface area contributed by atoms with Crippen LogP contribution >= 0.6 is 11.3 Å². The molecular weight excluding hydrogens is 366 g/mol. The summed E-state index contributed by atoms with van der Waals surface area (Å²) in [5, 5.41) is 2.98. The number of hydrogen-bond acceptors (Lipinski definition) is 4. The van der Waals surface area contributed by atoms with E-state index in [0.29, 0.717) is 13.0 Å². The zero-order valence-electron chi connectivity index (χ0n) is 15.4. The number of thiazole rings is 1. The van der Waals surface area contributed by atoms with Crippen LogP contribution in [-0.2, 0) is 16.6 Å². The first-order valence-corrected chi connectivity index (χ1v) is 11.5. The molecule has 26 heavy (non-hydrogen) atoms. The van der Waals surface area contributed by atoms with Crippen molar-refractivity contribution in [1.82, 2.24) is 14.0 Å². The van der Waals surface area contributed by atoms with E-state index in [1.807, 2.05) is 5.38 Å². The molecule has 1 aromatic carbocycles. The Kier molecular flexibility index (Phi) is 6.45. The first kappa shape index (κ1) is 19.5. The van der Waals surface area contributed by atoms with Crippen LogP contribution in [0.1, 0.15) is 43.4 Å². The Morgan fingerprint density at radius 2 is 1.88 bits per heavy atom. The summed E-state index contributed by atoms with van der Waals surface area (Å²) >= 11 is 1.60. The summed E-state index contributed by atoms with van der Waals surface area (Å²) in [6, 6.07) is 8.42. The van der Waals surface area contributed by atoms with Gasteiger partial charge in [0.25, 0.3) is 10.2 Å². The zero-order chi connectivity index (χ0) is 18.6. The molecule has 1 aliphatic carbocycles. The molecular formula is C19H27N3O2S2. The van der Waals surface area contributed by atoms with Gasteiger partial charge in [0, 0.05) is 37.0 Å². The van der Waals surface area contributed by atoms with Gasteiger partial charge in [-0.3, -0.25) is 0 Å². The minimum atomic E-state index is -3.42. The van der Waals surface area contributed by atoms with Gasteiger partial charge in [0.15, 0.2) is 0 Å². The van der Waals surface area contributed by atoms with Crippen molar-refractivity contribution in [3.63, 3.8) is 0 Å². The largest absolute Gasteiger partial charge is 0.279 e. The smallest absolute Gasteiger partial charge is 0.241 e. The average molecular weight is 394 g/mol. The standard InChI is InChI=1S/C19H27N3O2S2/c1-15-8-10-16(11-9-15)19-21-17(14-25-19)12-13-20-26(23,24)22(2)18-6-4-3-5-7-18/h8-11,14,18,20H,3-7,12-13H2,1-2H3. The molecule has 1 N–H and O–H groups in total. The van der Waals surface area contributed by atoms with Gasteiger partial charge < -0.3 is 0 Å². The zero-order valence-corrected chi connectivity index (χ0v) is 17.1. The lowest BCUT2D eigenvalue weighted by Gasteiger charge is -2.30. The fraction of sp³-hybridized carbons (Fsp3) is 0.526. The quantitative estimate of drug-likeness (QED) is 0.779. The molecule has 1 saturated carbocycles. The van der Waals surface area contributed by atoms with E-state index in [0.717, 1.165) is 41.9 Å². The van der Waals surface area contributed by atoms with Crippen LogP contribution in [-0.4, -0.2) is 37.3 Å². The van der Waals surface area contributed by atoms with Gasteiger partial charge in [0.1, 0.15) is 5.01 Å². The highest BCUT2D eigenvalue weighted by Gasteiger charge is 2.27. The van der Waals surface area contributed by atoms with Crippen LogP contribution in [0.4, 0.5) is 0 Å². The summed E-state index contributed by atoms with van der Waals surface area (Å²) < 4.78 is 29.2. The molecule has 3 rings (SSSR count). The Labute approximate surface area is 160 Å². The molecule has 0 atom stereocenters. The van der Waals surface area contributed by atoms with Crippen molar-refractivity contribution in [3.8, 4) is 10.6 Å². The molecule has 0 radical (unpaired) electrons. The second-order valence-corrected chi connectivity index (χ2v) is 9.64. The SMILES string of the molecule is Cc1ccc(-c2nc(CCNS(=O)(=O)N(C)C3CCCCC3)cs2)cc1. The molecule has 0 bridgehead atoms. The van der Waals surface area contributed by atoms with Gasteiger partial charge in [0.2, 0.25) is 0 Å². The second kappa shape index (κ2) is 8.61. The fourth-order valence-electron chi connectivity index (χ4n) is 3.30. The van der Waals surface area contributed by atoms with Gasteiger partial charge in [-0.25, -0.2) is 9.71 Å². The van der Waals surface area contributed by atoms with E-state index >= 15 is 0 Å². The maximum Gasteiger partial charge on any atom is 0.279 e. The number of nitrogens with one attached hydrogen (secondary N) is 1. The predicted octanol–water partition coefficient (Wildman–Crippen LogP) is 3.76. The van der Waals surface area contributed by atoms with Crippen molar-refractivity contribution in [1.29, 1.82) is 0 Å². The van der Waals surface area contributed by atoms with Gasteiger partial charge in [0.05, 0.1) is 5.69 Å². The normalized spacial score (nSPS) is 16.3. The summed E-state index contributed by atoms with van der Waals surface area (Å²) in [6.45, 7) is 2.43. The summed E-state index contributed by atoms with van der Waals surface area (Å²) in [5.41, 5.74) is 3.25. The Bertz CT molecular complexity index is 810. The summed E-state index contributed by atoms with van der Waals surface area (Å²) in [6.07, 6.45) is 5.97. The van der Waals surface area contributed by atoms with E-state index in [-0.39, 0.29) is 6.04 Å². The van der Waals surface area contributed by atoms with Crippen molar-refractivity contribution in [3.05, 3.63) is 40.9 Å². The molecule has 5 nitrogen and oxygen atoms in total. The fourth-order valence-corrected chi connectivity index (χ4v) is 5.33. The molecule has 1 heterocycles. The van der Waals surface area contributed by atoms with E-state index in [9.17, 15) is 8.42 Å². The molecule has 0 amide bonds. The molecule has 0 unspecified atom stereocenters. The van der Waals surface area contributed by atoms with Crippen molar-refractivity contribution in [2.75, 3.05) is 13.6 Å². The molecule has 0 aliphatic heterocycles. The van der Waals surface area contributed by atoms with E-state index in [1.54, 1.807) is 18.4 Å². The highest BCUT2D eigenvalue weighted by atomic mass is 32.2. The minimum absolute atomic E-state index is 0.133. The van der Waals surface area contributed by atoms with Crippen molar-refractivity contribution >= 4 is 21.5 Å². The third kappa shape index (κ3) is 4.91. The summed E-state index contributed by atoms with van der Waals surface area (Å²) in [5.74, 6) is 0. The van der Waals surface area contributed by atoms with Crippen molar-refractivity contribution in [2.24, 2.45) is 0 Å². The minimum Gasteiger partial charge on any atom is -0.241 e. The Balaban J connectivity index is 1.53. The molecule has 1 aromatic heterocycles. The number of hydrogen-bond donors (Lipinski definition) is 1. The lowest BCUT2D eigenvalue weighted by Crippen LogP contribution is -2.45. The number of aromatic nitrogens is 1. The van der Waals surface area contributed by atoms with Crippen LogP contribution in [0, 0.1) is 6.92 Å². The molecule has 0 spiro atoms. The molecule has 0 saturated heterocycles. The molecule has 1 aliphatic rings. The van der Waals surface area contributed by atoms with E-state index < -0.39 is 10.2 Å². The van der Waals surface area contributed by atoms with E-state index in [4.69, 9.17) is 0 Å². The van der Waals surface area contributed by atoms with Crippen LogP contribution < -0.4 is 4.72 Å². The first-order chi connectivity index (χ1) is 12.5. The first-order valence-electron chi connectivity index (χ1n) is 9.20. The number of aryl methyl sites for hydroxylation is 1. The van der Waals surface area contributed by atoms with Crippen LogP contribution in [0.2, 0.25) is 0 Å². The maximum absolute atomic E-state index is 12.5. The summed E-state index contributed by atoms with van der Waals surface area (Å²) in [7, 11) is -1.73. The lowest BCUT2D eigenvalue weighted by atomic mass is 9.96. The van der Waals surface area contributed by atoms with E-state index in [1.165, 1.54) is 16.3 Å². The van der Waals surface area contributed by atoms with Crippen LogP contribution in [0.25, 0.3) is 10.6 Å². The Hall–Kier alpha value is -1.28. The number of nitrogens with zero attached hydrogens (tertiary/aromatic N) is 2. The number of rotatable bonds is 7. The van der Waals surface area contributed by atoms with Crippen LogP contribution in [0.15, 0.2) is 29.6 Å². The van der Waals surface area contributed by atoms with Gasteiger partial charge in [-0.1, -0.05) is 49.1 Å². The summed E-state index contributed by atoms with van der Waals surface area (Å²) in [4.78, 5) is 4.63. The van der Waals surface area contributed by atoms with Gasteiger partial charge in [-0.2, -0.15) is 12.7 Å². The highest BCUT2D eigenvalue weighted by Crippen LogP contribution is 2.25. The second-order valence-electron chi connectivity index (χ2n) is 6.97. The molecule has 2 aromatic rings. The van der Waals surface area contributed by atoms with Gasteiger partial charge in [-0.05, 0) is 19.8 Å². The molecule has 7 heteroatoms. The third-order valence-corrected chi connectivity index (χ3v) is 7.55. The number of benzene rings is 1. The monoisotopic (exact) mass is 393 g/mol. The maximum atomic E-state index is 12.5. The Morgan fingerprint density at radius 3 is 2.58 bits per heavy atom. The Morgan fingerprint density at radius 1 is 1.19 bits per heavy atom.